The summed E-state index contributed by atoms with van der Waals surface area (Å²) in [5.74, 6) is 3.16. The van der Waals surface area contributed by atoms with Crippen LogP contribution in [0.3, 0.4) is 0 Å². The summed E-state index contributed by atoms with van der Waals surface area (Å²) >= 11 is 1.97. The van der Waals surface area contributed by atoms with Crippen LogP contribution in [-0.2, 0) is 0 Å². The Labute approximate surface area is 86.9 Å². The topological polar surface area (TPSA) is 23.8 Å². The highest BCUT2D eigenvalue weighted by molar-refractivity contribution is 7.99. The fourth-order valence-electron chi connectivity index (χ4n) is 0.804. The van der Waals surface area contributed by atoms with Crippen molar-refractivity contribution in [3.8, 4) is 6.07 Å². The Morgan fingerprint density at radius 3 is 2.38 bits per heavy atom. The van der Waals surface area contributed by atoms with Crippen LogP contribution in [0.25, 0.3) is 0 Å². The molecule has 76 valence electrons. The van der Waals surface area contributed by atoms with Crippen molar-refractivity contribution in [2.75, 3.05) is 11.5 Å². The van der Waals surface area contributed by atoms with Gasteiger partial charge in [-0.05, 0) is 44.1 Å². The molecule has 0 saturated heterocycles. The van der Waals surface area contributed by atoms with Gasteiger partial charge in [-0.1, -0.05) is 13.8 Å². The van der Waals surface area contributed by atoms with Crippen LogP contribution in [0, 0.1) is 22.7 Å². The number of hydrogen-bond donors (Lipinski definition) is 0. The summed E-state index contributed by atoms with van der Waals surface area (Å²) in [5.41, 5.74) is -0.134. The molecule has 0 unspecified atom stereocenters. The minimum Gasteiger partial charge on any atom is -0.198 e. The molecule has 13 heavy (non-hydrogen) atoms. The minimum absolute atomic E-state index is 0.134. The van der Waals surface area contributed by atoms with Gasteiger partial charge in [0.05, 0.1) is 11.5 Å². The van der Waals surface area contributed by atoms with Gasteiger partial charge in [0, 0.05) is 0 Å². The van der Waals surface area contributed by atoms with Gasteiger partial charge in [-0.15, -0.1) is 0 Å². The van der Waals surface area contributed by atoms with Gasteiger partial charge in [-0.25, -0.2) is 0 Å². The van der Waals surface area contributed by atoms with E-state index < -0.39 is 0 Å². The standard InChI is InChI=1S/C11H21NS/c1-10(2)5-7-13-8-6-11(3,4)9-12/h10H,5-8H2,1-4H3. The molecule has 0 bridgehead atoms. The molecule has 0 fully saturated rings. The van der Waals surface area contributed by atoms with Gasteiger partial charge in [0.25, 0.3) is 0 Å². The molecule has 0 saturated carbocycles. The molecular formula is C11H21NS. The maximum atomic E-state index is 8.78. The van der Waals surface area contributed by atoms with E-state index in [9.17, 15) is 0 Å². The van der Waals surface area contributed by atoms with Crippen molar-refractivity contribution >= 4 is 11.8 Å². The van der Waals surface area contributed by atoms with Crippen molar-refractivity contribution in [3.63, 3.8) is 0 Å². The van der Waals surface area contributed by atoms with E-state index in [0.717, 1.165) is 18.1 Å². The second-order valence-corrected chi connectivity index (χ2v) is 5.77. The fraction of sp³-hybridized carbons (Fsp3) is 0.909. The number of hydrogen-bond acceptors (Lipinski definition) is 2. The summed E-state index contributed by atoms with van der Waals surface area (Å²) < 4.78 is 0. The van der Waals surface area contributed by atoms with E-state index in [1.165, 1.54) is 12.2 Å². The first kappa shape index (κ1) is 12.8. The van der Waals surface area contributed by atoms with Gasteiger partial charge >= 0.3 is 0 Å². The Balaban J connectivity index is 3.32. The molecule has 0 aromatic heterocycles. The number of nitrogens with zero attached hydrogens (tertiary/aromatic N) is 1. The molecule has 0 aliphatic carbocycles. The Bertz CT molecular complexity index is 167. The second-order valence-electron chi connectivity index (χ2n) is 4.54. The maximum Gasteiger partial charge on any atom is 0.0684 e. The van der Waals surface area contributed by atoms with Crippen LogP contribution in [0.1, 0.15) is 40.5 Å². The first-order valence-corrected chi connectivity index (χ1v) is 6.12. The molecule has 0 rings (SSSR count). The van der Waals surface area contributed by atoms with Gasteiger partial charge in [-0.3, -0.25) is 0 Å². The van der Waals surface area contributed by atoms with E-state index in [1.807, 2.05) is 25.6 Å². The summed E-state index contributed by atoms with van der Waals surface area (Å²) in [6.07, 6.45) is 2.30. The van der Waals surface area contributed by atoms with E-state index in [-0.39, 0.29) is 5.41 Å². The average Bonchev–Trinajstić information content (AvgIpc) is 2.03. The van der Waals surface area contributed by atoms with Crippen molar-refractivity contribution in [2.45, 2.75) is 40.5 Å². The monoisotopic (exact) mass is 199 g/mol. The highest BCUT2D eigenvalue weighted by atomic mass is 32.2. The first-order valence-electron chi connectivity index (χ1n) is 4.97. The molecular weight excluding hydrogens is 178 g/mol. The number of rotatable bonds is 6. The lowest BCUT2D eigenvalue weighted by molar-refractivity contribution is 0.482. The largest absolute Gasteiger partial charge is 0.198 e. The van der Waals surface area contributed by atoms with Gasteiger partial charge in [0.1, 0.15) is 0 Å². The highest BCUT2D eigenvalue weighted by Crippen LogP contribution is 2.22. The van der Waals surface area contributed by atoms with E-state index in [0.29, 0.717) is 0 Å². The maximum absolute atomic E-state index is 8.78. The Morgan fingerprint density at radius 1 is 1.31 bits per heavy atom. The third-order valence-corrected chi connectivity index (χ3v) is 3.03. The molecule has 0 aliphatic rings. The lowest BCUT2D eigenvalue weighted by atomic mass is 9.93. The summed E-state index contributed by atoms with van der Waals surface area (Å²) in [5, 5.41) is 8.78. The molecule has 1 nitrogen and oxygen atoms in total. The summed E-state index contributed by atoms with van der Waals surface area (Å²) in [7, 11) is 0. The van der Waals surface area contributed by atoms with Crippen LogP contribution in [0.4, 0.5) is 0 Å². The molecule has 0 heterocycles. The summed E-state index contributed by atoms with van der Waals surface area (Å²) in [4.78, 5) is 0. The molecule has 0 atom stereocenters. The van der Waals surface area contributed by atoms with Gasteiger partial charge in [-0.2, -0.15) is 17.0 Å². The van der Waals surface area contributed by atoms with Crippen molar-refractivity contribution < 1.29 is 0 Å². The molecule has 0 amide bonds. The number of thioether (sulfide) groups is 1. The third kappa shape index (κ3) is 8.18. The molecule has 0 aromatic rings. The van der Waals surface area contributed by atoms with E-state index in [2.05, 4.69) is 19.9 Å². The van der Waals surface area contributed by atoms with Crippen LogP contribution in [-0.4, -0.2) is 11.5 Å². The van der Waals surface area contributed by atoms with Crippen LogP contribution in [0.5, 0.6) is 0 Å². The Morgan fingerprint density at radius 2 is 1.92 bits per heavy atom. The zero-order valence-electron chi connectivity index (χ0n) is 9.26. The van der Waals surface area contributed by atoms with E-state index in [1.54, 1.807) is 0 Å². The summed E-state index contributed by atoms with van der Waals surface area (Å²) in [6.45, 7) is 8.52. The molecule has 0 radical (unpaired) electrons. The minimum atomic E-state index is -0.134. The van der Waals surface area contributed by atoms with Crippen molar-refractivity contribution in [3.05, 3.63) is 0 Å². The van der Waals surface area contributed by atoms with E-state index >= 15 is 0 Å². The highest BCUT2D eigenvalue weighted by Gasteiger charge is 2.15. The Kier molecular flexibility index (Phi) is 6.24. The van der Waals surface area contributed by atoms with Crippen molar-refractivity contribution in [1.29, 1.82) is 5.26 Å². The zero-order chi connectivity index (χ0) is 10.3. The molecule has 2 heteroatoms. The molecule has 0 aliphatic heterocycles. The molecule has 0 aromatic carbocycles. The summed E-state index contributed by atoms with van der Waals surface area (Å²) in [6, 6.07) is 2.33. The zero-order valence-corrected chi connectivity index (χ0v) is 10.1. The quantitative estimate of drug-likeness (QED) is 0.609. The lowest BCUT2D eigenvalue weighted by Crippen LogP contribution is -2.09. The third-order valence-electron chi connectivity index (χ3n) is 2.01. The predicted molar refractivity (Wildman–Crippen MR) is 60.8 cm³/mol. The van der Waals surface area contributed by atoms with Crippen LogP contribution >= 0.6 is 11.8 Å². The van der Waals surface area contributed by atoms with Crippen molar-refractivity contribution in [2.24, 2.45) is 11.3 Å². The molecule has 0 N–H and O–H groups in total. The van der Waals surface area contributed by atoms with Gasteiger partial charge < -0.3 is 0 Å². The smallest absolute Gasteiger partial charge is 0.0684 e. The van der Waals surface area contributed by atoms with Gasteiger partial charge in [0.15, 0.2) is 0 Å². The van der Waals surface area contributed by atoms with E-state index in [4.69, 9.17) is 5.26 Å². The van der Waals surface area contributed by atoms with Gasteiger partial charge in [0.2, 0.25) is 0 Å². The Hall–Kier alpha value is -0.160. The normalized spacial score (nSPS) is 11.7. The number of nitriles is 1. The van der Waals surface area contributed by atoms with Crippen molar-refractivity contribution in [1.82, 2.24) is 0 Å². The second kappa shape index (κ2) is 6.32. The van der Waals surface area contributed by atoms with Crippen LogP contribution < -0.4 is 0 Å². The predicted octanol–water partition coefficient (Wildman–Crippen LogP) is 3.71. The van der Waals surface area contributed by atoms with Crippen LogP contribution in [0.15, 0.2) is 0 Å². The lowest BCUT2D eigenvalue weighted by Gasteiger charge is -2.14. The SMILES string of the molecule is CC(C)CCSCCC(C)(C)C#N. The first-order chi connectivity index (χ1) is 5.98. The fourth-order valence-corrected chi connectivity index (χ4v) is 2.30. The average molecular weight is 199 g/mol. The molecule has 0 spiro atoms. The van der Waals surface area contributed by atoms with Crippen LogP contribution in [0.2, 0.25) is 0 Å².